The predicted molar refractivity (Wildman–Crippen MR) is 62.5 cm³/mol. The number of carbonyl (C=O) groups is 1. The van der Waals surface area contributed by atoms with E-state index in [1.807, 2.05) is 0 Å². The highest BCUT2D eigenvalue weighted by atomic mass is 16.4. The lowest BCUT2D eigenvalue weighted by molar-refractivity contribution is -0.143. The molecule has 0 spiro atoms. The lowest BCUT2D eigenvalue weighted by Crippen LogP contribution is -2.50. The Bertz CT molecular complexity index is 270. The quantitative estimate of drug-likeness (QED) is 0.763. The lowest BCUT2D eigenvalue weighted by Gasteiger charge is -2.40. The van der Waals surface area contributed by atoms with E-state index in [1.165, 1.54) is 0 Å². The van der Waals surface area contributed by atoms with E-state index in [9.17, 15) is 9.90 Å². The van der Waals surface area contributed by atoms with E-state index in [1.54, 1.807) is 0 Å². The molecule has 0 aromatic carbocycles. The number of carboxylic acid groups (broad SMARTS) is 1. The molecular weight excluding hydrogens is 204 g/mol. The summed E-state index contributed by atoms with van der Waals surface area (Å²) in [5, 5.41) is 9.18. The van der Waals surface area contributed by atoms with Crippen LogP contribution in [0.15, 0.2) is 0 Å². The number of nitrogens with zero attached hydrogens (tertiary/aromatic N) is 2. The van der Waals surface area contributed by atoms with Crippen LogP contribution >= 0.6 is 0 Å². The summed E-state index contributed by atoms with van der Waals surface area (Å²) >= 11 is 0. The van der Waals surface area contributed by atoms with Crippen molar-refractivity contribution in [3.05, 3.63) is 0 Å². The molecule has 2 fully saturated rings. The van der Waals surface area contributed by atoms with E-state index in [0.717, 1.165) is 38.8 Å². The van der Waals surface area contributed by atoms with Crippen LogP contribution in [-0.2, 0) is 4.79 Å². The molecule has 0 aromatic rings. The monoisotopic (exact) mass is 226 g/mol. The molecule has 4 nitrogen and oxygen atoms in total. The van der Waals surface area contributed by atoms with E-state index in [4.69, 9.17) is 0 Å². The largest absolute Gasteiger partial charge is 0.480 e. The van der Waals surface area contributed by atoms with Gasteiger partial charge in [-0.25, -0.2) is 0 Å². The number of rotatable bonds is 2. The summed E-state index contributed by atoms with van der Waals surface area (Å²) in [5.74, 6) is -0.635. The second-order valence-corrected chi connectivity index (χ2v) is 5.24. The molecule has 2 rings (SSSR count). The molecule has 1 N–H and O–H groups in total. The molecule has 0 saturated carbocycles. The first-order valence-electron chi connectivity index (χ1n) is 6.28. The average Bonchev–Trinajstić information content (AvgIpc) is 2.71. The minimum Gasteiger partial charge on any atom is -0.480 e. The summed E-state index contributed by atoms with van der Waals surface area (Å²) in [4.78, 5) is 15.7. The Hall–Kier alpha value is -0.610. The zero-order valence-corrected chi connectivity index (χ0v) is 10.2. The van der Waals surface area contributed by atoms with Crippen LogP contribution in [0.3, 0.4) is 0 Å². The van der Waals surface area contributed by atoms with Crippen molar-refractivity contribution in [3.63, 3.8) is 0 Å². The Balaban J connectivity index is 1.99. The van der Waals surface area contributed by atoms with Crippen molar-refractivity contribution in [2.45, 2.75) is 50.7 Å². The third kappa shape index (κ3) is 2.23. The molecule has 0 aliphatic carbocycles. The highest BCUT2D eigenvalue weighted by molar-refractivity contribution is 5.73. The number of likely N-dealkylation sites (tertiary alicyclic amines) is 2. The van der Waals surface area contributed by atoms with Crippen LogP contribution in [0.2, 0.25) is 0 Å². The SMILES string of the molecule is CC1CC(N2CCCC2C(=O)O)CCN1C. The fourth-order valence-corrected chi connectivity index (χ4v) is 3.06. The van der Waals surface area contributed by atoms with Gasteiger partial charge in [0.15, 0.2) is 0 Å². The second kappa shape index (κ2) is 4.72. The van der Waals surface area contributed by atoms with Gasteiger partial charge in [0, 0.05) is 12.1 Å². The molecule has 92 valence electrons. The molecule has 3 unspecified atom stereocenters. The average molecular weight is 226 g/mol. The van der Waals surface area contributed by atoms with Crippen LogP contribution in [-0.4, -0.2) is 59.1 Å². The fraction of sp³-hybridized carbons (Fsp3) is 0.917. The van der Waals surface area contributed by atoms with Crippen molar-refractivity contribution in [1.82, 2.24) is 9.80 Å². The maximum atomic E-state index is 11.1. The third-order valence-corrected chi connectivity index (χ3v) is 4.23. The van der Waals surface area contributed by atoms with Gasteiger partial charge in [-0.1, -0.05) is 0 Å². The van der Waals surface area contributed by atoms with Gasteiger partial charge >= 0.3 is 5.97 Å². The molecule has 0 aromatic heterocycles. The summed E-state index contributed by atoms with van der Waals surface area (Å²) < 4.78 is 0. The van der Waals surface area contributed by atoms with Gasteiger partial charge in [-0.2, -0.15) is 0 Å². The number of hydrogen-bond acceptors (Lipinski definition) is 3. The molecular formula is C12H22N2O2. The fourth-order valence-electron chi connectivity index (χ4n) is 3.06. The topological polar surface area (TPSA) is 43.8 Å². The van der Waals surface area contributed by atoms with E-state index < -0.39 is 5.97 Å². The Morgan fingerprint density at radius 2 is 2.06 bits per heavy atom. The van der Waals surface area contributed by atoms with Gasteiger partial charge in [-0.3, -0.25) is 9.69 Å². The first kappa shape index (κ1) is 11.9. The molecule has 2 aliphatic rings. The van der Waals surface area contributed by atoms with Crippen LogP contribution < -0.4 is 0 Å². The van der Waals surface area contributed by atoms with Gasteiger partial charge in [-0.05, 0) is 52.7 Å². The number of carboxylic acids is 1. The Labute approximate surface area is 97.2 Å². The minimum atomic E-state index is -0.635. The van der Waals surface area contributed by atoms with Crippen molar-refractivity contribution in [2.75, 3.05) is 20.1 Å². The molecule has 2 heterocycles. The van der Waals surface area contributed by atoms with Crippen LogP contribution in [0.4, 0.5) is 0 Å². The molecule has 2 saturated heterocycles. The van der Waals surface area contributed by atoms with Crippen LogP contribution in [0, 0.1) is 0 Å². The number of piperidine rings is 1. The predicted octanol–water partition coefficient (Wildman–Crippen LogP) is 1.02. The molecule has 0 amide bonds. The first-order chi connectivity index (χ1) is 7.59. The van der Waals surface area contributed by atoms with Gasteiger partial charge < -0.3 is 10.0 Å². The highest BCUT2D eigenvalue weighted by Gasteiger charge is 2.37. The maximum Gasteiger partial charge on any atom is 0.320 e. The summed E-state index contributed by atoms with van der Waals surface area (Å²) in [6.45, 7) is 4.30. The zero-order chi connectivity index (χ0) is 11.7. The number of aliphatic carboxylic acids is 1. The van der Waals surface area contributed by atoms with Crippen molar-refractivity contribution in [2.24, 2.45) is 0 Å². The normalized spacial score (nSPS) is 37.8. The summed E-state index contributed by atoms with van der Waals surface area (Å²) in [6.07, 6.45) is 4.10. The Morgan fingerprint density at radius 1 is 1.31 bits per heavy atom. The van der Waals surface area contributed by atoms with E-state index in [0.29, 0.717) is 12.1 Å². The zero-order valence-electron chi connectivity index (χ0n) is 10.2. The van der Waals surface area contributed by atoms with Gasteiger partial charge in [-0.15, -0.1) is 0 Å². The third-order valence-electron chi connectivity index (χ3n) is 4.23. The van der Waals surface area contributed by atoms with Crippen molar-refractivity contribution in [3.8, 4) is 0 Å². The van der Waals surface area contributed by atoms with Crippen LogP contribution in [0.1, 0.15) is 32.6 Å². The van der Waals surface area contributed by atoms with Gasteiger partial charge in [0.25, 0.3) is 0 Å². The van der Waals surface area contributed by atoms with Gasteiger partial charge in [0.05, 0.1) is 0 Å². The summed E-state index contributed by atoms with van der Waals surface area (Å²) in [6, 6.07) is 0.837. The van der Waals surface area contributed by atoms with Gasteiger partial charge in [0.1, 0.15) is 6.04 Å². The number of hydrogen-bond donors (Lipinski definition) is 1. The molecule has 0 bridgehead atoms. The summed E-state index contributed by atoms with van der Waals surface area (Å²) in [5.41, 5.74) is 0. The summed E-state index contributed by atoms with van der Waals surface area (Å²) in [7, 11) is 2.15. The Morgan fingerprint density at radius 3 is 2.69 bits per heavy atom. The molecule has 4 heteroatoms. The standard InChI is InChI=1S/C12H22N2O2/c1-9-8-10(5-7-13(9)2)14-6-3-4-11(14)12(15)16/h9-11H,3-8H2,1-2H3,(H,15,16). The van der Waals surface area contributed by atoms with Crippen LogP contribution in [0.25, 0.3) is 0 Å². The second-order valence-electron chi connectivity index (χ2n) is 5.24. The van der Waals surface area contributed by atoms with E-state index in [2.05, 4.69) is 23.8 Å². The first-order valence-corrected chi connectivity index (χ1v) is 6.28. The van der Waals surface area contributed by atoms with Gasteiger partial charge in [0.2, 0.25) is 0 Å². The Kier molecular flexibility index (Phi) is 3.50. The molecule has 0 radical (unpaired) electrons. The highest BCUT2D eigenvalue weighted by Crippen LogP contribution is 2.27. The maximum absolute atomic E-state index is 11.1. The minimum absolute atomic E-state index is 0.222. The lowest BCUT2D eigenvalue weighted by atomic mass is 9.97. The smallest absolute Gasteiger partial charge is 0.320 e. The van der Waals surface area contributed by atoms with Crippen LogP contribution in [0.5, 0.6) is 0 Å². The van der Waals surface area contributed by atoms with Crippen molar-refractivity contribution < 1.29 is 9.90 Å². The van der Waals surface area contributed by atoms with Crippen molar-refractivity contribution >= 4 is 5.97 Å². The molecule has 3 atom stereocenters. The van der Waals surface area contributed by atoms with Crippen molar-refractivity contribution in [1.29, 1.82) is 0 Å². The molecule has 2 aliphatic heterocycles. The van der Waals surface area contributed by atoms with E-state index >= 15 is 0 Å². The van der Waals surface area contributed by atoms with E-state index in [-0.39, 0.29) is 6.04 Å². The molecule has 16 heavy (non-hydrogen) atoms.